The van der Waals surface area contributed by atoms with Gasteiger partial charge in [-0.15, -0.1) is 0 Å². The summed E-state index contributed by atoms with van der Waals surface area (Å²) in [6.45, 7) is 1.59. The predicted octanol–water partition coefficient (Wildman–Crippen LogP) is 1.75. The van der Waals surface area contributed by atoms with Crippen LogP contribution in [0.2, 0.25) is 5.15 Å². The van der Waals surface area contributed by atoms with Crippen molar-refractivity contribution in [1.82, 2.24) is 9.29 Å². The molecule has 0 bridgehead atoms. The van der Waals surface area contributed by atoms with E-state index in [1.165, 1.54) is 25.3 Å². The minimum atomic E-state index is -3.99. The molecule has 8 heteroatoms. The van der Waals surface area contributed by atoms with Crippen LogP contribution in [0.5, 0.6) is 0 Å². The molecule has 1 unspecified atom stereocenters. The van der Waals surface area contributed by atoms with Crippen LogP contribution in [0.3, 0.4) is 0 Å². The van der Waals surface area contributed by atoms with Gasteiger partial charge in [-0.05, 0) is 38.3 Å². The normalized spacial score (nSPS) is 24.5. The Kier molecular flexibility index (Phi) is 4.04. The van der Waals surface area contributed by atoms with E-state index in [4.69, 9.17) is 11.6 Å². The van der Waals surface area contributed by atoms with E-state index in [1.54, 1.807) is 0 Å². The second-order valence-electron chi connectivity index (χ2n) is 4.91. The van der Waals surface area contributed by atoms with Crippen LogP contribution >= 0.6 is 11.6 Å². The molecule has 1 atom stereocenters. The van der Waals surface area contributed by atoms with Crippen molar-refractivity contribution in [2.24, 2.45) is 0 Å². The maximum atomic E-state index is 12.7. The Morgan fingerprint density at radius 2 is 2.20 bits per heavy atom. The summed E-state index contributed by atoms with van der Waals surface area (Å²) in [6.07, 6.45) is 2.96. The Bertz CT molecular complexity index is 634. The number of aliphatic carboxylic acids is 1. The Morgan fingerprint density at radius 3 is 2.80 bits per heavy atom. The molecule has 0 aromatic carbocycles. The number of carboxylic acid groups (broad SMARTS) is 1. The highest BCUT2D eigenvalue weighted by atomic mass is 35.5. The van der Waals surface area contributed by atoms with E-state index in [0.29, 0.717) is 12.8 Å². The zero-order valence-corrected chi connectivity index (χ0v) is 12.5. The van der Waals surface area contributed by atoms with Crippen LogP contribution in [0.15, 0.2) is 23.2 Å². The minimum absolute atomic E-state index is 0.147. The molecule has 0 radical (unpaired) electrons. The van der Waals surface area contributed by atoms with Gasteiger partial charge in [-0.25, -0.2) is 13.4 Å². The van der Waals surface area contributed by atoms with Crippen LogP contribution in [0.4, 0.5) is 0 Å². The fourth-order valence-electron chi connectivity index (χ4n) is 2.38. The van der Waals surface area contributed by atoms with Gasteiger partial charge in [0.05, 0.1) is 0 Å². The molecule has 0 saturated carbocycles. The van der Waals surface area contributed by atoms with Crippen LogP contribution in [0, 0.1) is 0 Å². The highest BCUT2D eigenvalue weighted by Crippen LogP contribution is 2.34. The molecule has 1 N–H and O–H groups in total. The molecule has 1 aromatic heterocycles. The average Bonchev–Trinajstić information content (AvgIpc) is 2.39. The van der Waals surface area contributed by atoms with E-state index in [-0.39, 0.29) is 23.0 Å². The molecule has 1 aliphatic rings. The SMILES string of the molecule is CC1(C(=O)O)CCCCN1S(=O)(=O)c1cccnc1Cl. The predicted molar refractivity (Wildman–Crippen MR) is 73.0 cm³/mol. The van der Waals surface area contributed by atoms with Crippen molar-refractivity contribution in [3.63, 3.8) is 0 Å². The van der Waals surface area contributed by atoms with Gasteiger partial charge in [-0.2, -0.15) is 4.31 Å². The fraction of sp³-hybridized carbons (Fsp3) is 0.500. The van der Waals surface area contributed by atoms with Crippen molar-refractivity contribution < 1.29 is 18.3 Å². The Hall–Kier alpha value is -1.18. The summed E-state index contributed by atoms with van der Waals surface area (Å²) in [5.74, 6) is -1.15. The quantitative estimate of drug-likeness (QED) is 0.858. The second-order valence-corrected chi connectivity index (χ2v) is 7.09. The number of carbonyl (C=O) groups is 1. The summed E-state index contributed by atoms with van der Waals surface area (Å²) in [5, 5.41) is 9.25. The molecule has 20 heavy (non-hydrogen) atoms. The highest BCUT2D eigenvalue weighted by Gasteiger charge is 2.48. The number of nitrogens with zero attached hydrogens (tertiary/aromatic N) is 2. The van der Waals surface area contributed by atoms with E-state index in [9.17, 15) is 18.3 Å². The van der Waals surface area contributed by atoms with E-state index in [0.717, 1.165) is 4.31 Å². The molecule has 110 valence electrons. The summed E-state index contributed by atoms with van der Waals surface area (Å²) < 4.78 is 26.4. The van der Waals surface area contributed by atoms with Crippen molar-refractivity contribution in [1.29, 1.82) is 0 Å². The smallest absolute Gasteiger partial charge is 0.324 e. The van der Waals surface area contributed by atoms with Crippen molar-refractivity contribution >= 4 is 27.6 Å². The van der Waals surface area contributed by atoms with Crippen molar-refractivity contribution in [3.8, 4) is 0 Å². The molecular formula is C12H15ClN2O4S. The number of carboxylic acids is 1. The van der Waals surface area contributed by atoms with Gasteiger partial charge in [0.1, 0.15) is 15.6 Å². The van der Waals surface area contributed by atoms with Gasteiger partial charge < -0.3 is 5.11 Å². The van der Waals surface area contributed by atoms with Crippen LogP contribution in [0.25, 0.3) is 0 Å². The first-order valence-corrected chi connectivity index (χ1v) is 7.99. The van der Waals surface area contributed by atoms with Gasteiger partial charge in [0.15, 0.2) is 0 Å². The van der Waals surface area contributed by atoms with Crippen LogP contribution in [-0.2, 0) is 14.8 Å². The lowest BCUT2D eigenvalue weighted by molar-refractivity contribution is -0.149. The van der Waals surface area contributed by atoms with Gasteiger partial charge in [-0.1, -0.05) is 11.6 Å². The topological polar surface area (TPSA) is 87.6 Å². The zero-order chi connectivity index (χ0) is 15.0. The Balaban J connectivity index is 2.53. The number of piperidine rings is 1. The molecule has 1 aromatic rings. The van der Waals surface area contributed by atoms with Gasteiger partial charge in [0.25, 0.3) is 0 Å². The number of aromatic nitrogens is 1. The summed E-state index contributed by atoms with van der Waals surface area (Å²) >= 11 is 5.84. The van der Waals surface area contributed by atoms with Gasteiger partial charge in [-0.3, -0.25) is 4.79 Å². The lowest BCUT2D eigenvalue weighted by atomic mass is 9.91. The highest BCUT2D eigenvalue weighted by molar-refractivity contribution is 7.89. The average molecular weight is 319 g/mol. The molecule has 6 nitrogen and oxygen atoms in total. The van der Waals surface area contributed by atoms with E-state index in [1.807, 2.05) is 0 Å². The van der Waals surface area contributed by atoms with E-state index in [2.05, 4.69) is 4.98 Å². The third-order valence-electron chi connectivity index (χ3n) is 3.58. The second kappa shape index (κ2) is 5.31. The summed E-state index contributed by atoms with van der Waals surface area (Å²) in [6, 6.07) is 2.79. The maximum Gasteiger partial charge on any atom is 0.324 e. The van der Waals surface area contributed by atoms with Crippen LogP contribution in [-0.4, -0.2) is 40.9 Å². The first-order chi connectivity index (χ1) is 9.30. The summed E-state index contributed by atoms with van der Waals surface area (Å²) in [4.78, 5) is 15.1. The molecule has 2 rings (SSSR count). The third-order valence-corrected chi connectivity index (χ3v) is 6.04. The van der Waals surface area contributed by atoms with Crippen LogP contribution < -0.4 is 0 Å². The lowest BCUT2D eigenvalue weighted by Gasteiger charge is -2.40. The number of pyridine rings is 1. The Labute approximate surface area is 122 Å². The van der Waals surface area contributed by atoms with Crippen molar-refractivity contribution in [2.75, 3.05) is 6.54 Å². The largest absolute Gasteiger partial charge is 0.480 e. The van der Waals surface area contributed by atoms with E-state index >= 15 is 0 Å². The molecule has 0 aliphatic carbocycles. The number of sulfonamides is 1. The van der Waals surface area contributed by atoms with Crippen molar-refractivity contribution in [3.05, 3.63) is 23.5 Å². The first kappa shape index (κ1) is 15.2. The summed E-state index contributed by atoms with van der Waals surface area (Å²) in [7, 11) is -3.99. The molecule has 1 aliphatic heterocycles. The van der Waals surface area contributed by atoms with Crippen molar-refractivity contribution in [2.45, 2.75) is 36.6 Å². The standard InChI is InChI=1S/C12H15ClN2O4S/c1-12(11(16)17)6-2-3-8-15(12)20(18,19)9-5-4-7-14-10(9)13/h4-5,7H,2-3,6,8H2,1H3,(H,16,17). The molecule has 1 fully saturated rings. The van der Waals surface area contributed by atoms with Crippen LogP contribution in [0.1, 0.15) is 26.2 Å². The molecular weight excluding hydrogens is 304 g/mol. The number of halogens is 1. The molecule has 0 amide bonds. The molecule has 1 saturated heterocycles. The zero-order valence-electron chi connectivity index (χ0n) is 10.9. The third kappa shape index (κ3) is 2.41. The number of rotatable bonds is 3. The minimum Gasteiger partial charge on any atom is -0.480 e. The maximum absolute atomic E-state index is 12.7. The van der Waals surface area contributed by atoms with Gasteiger partial charge >= 0.3 is 5.97 Å². The Morgan fingerprint density at radius 1 is 1.50 bits per heavy atom. The van der Waals surface area contributed by atoms with E-state index < -0.39 is 21.5 Å². The summed E-state index contributed by atoms with van der Waals surface area (Å²) in [5.41, 5.74) is -1.45. The lowest BCUT2D eigenvalue weighted by Crippen LogP contribution is -2.57. The fourth-order valence-corrected chi connectivity index (χ4v) is 4.61. The van der Waals surface area contributed by atoms with Gasteiger partial charge in [0.2, 0.25) is 10.0 Å². The molecule has 0 spiro atoms. The first-order valence-electron chi connectivity index (χ1n) is 6.17. The monoisotopic (exact) mass is 318 g/mol. The molecule has 2 heterocycles. The number of hydrogen-bond donors (Lipinski definition) is 1. The number of hydrogen-bond acceptors (Lipinski definition) is 4. The van der Waals surface area contributed by atoms with Gasteiger partial charge in [0, 0.05) is 12.7 Å².